The van der Waals surface area contributed by atoms with Gasteiger partial charge in [0.15, 0.2) is 0 Å². The normalized spacial score (nSPS) is 9.44. The highest BCUT2D eigenvalue weighted by Crippen LogP contribution is 1.97. The predicted molar refractivity (Wildman–Crippen MR) is 37.3 cm³/mol. The molecule has 0 fully saturated rings. The number of hydrogen-bond acceptors (Lipinski definition) is 3. The van der Waals surface area contributed by atoms with Crippen LogP contribution in [0.5, 0.6) is 0 Å². The summed E-state index contributed by atoms with van der Waals surface area (Å²) in [4.78, 5) is 10.6. The molecule has 0 spiro atoms. The van der Waals surface area contributed by atoms with E-state index in [2.05, 4.69) is 5.10 Å². The van der Waals surface area contributed by atoms with E-state index in [1.807, 2.05) is 22.6 Å². The predicted octanol–water partition coefficient (Wildman–Crippen LogP) is 0.528. The molecule has 0 radical (unpaired) electrons. The van der Waals surface area contributed by atoms with Crippen molar-refractivity contribution in [2.45, 2.75) is 0 Å². The summed E-state index contributed by atoms with van der Waals surface area (Å²) in [6.07, 6.45) is 1.29. The molecule has 1 aromatic rings. The summed E-state index contributed by atoms with van der Waals surface area (Å²) in [7, 11) is 0. The average molecular weight is 239 g/mol. The summed E-state index contributed by atoms with van der Waals surface area (Å²) in [5, 5.41) is 12.8. The molecule has 0 N–H and O–H groups in total. The monoisotopic (exact) mass is 239 g/mol. The molecule has 0 atom stereocenters. The molecule has 0 bridgehead atoms. The van der Waals surface area contributed by atoms with Crippen molar-refractivity contribution in [3.8, 4) is 0 Å². The van der Waals surface area contributed by atoms with Gasteiger partial charge in [0.05, 0.1) is 10.1 Å². The molecule has 1 heterocycles. The summed E-state index contributed by atoms with van der Waals surface area (Å²) in [6.45, 7) is 0. The Morgan fingerprint density at radius 3 is 2.78 bits per heavy atom. The van der Waals surface area contributed by atoms with Crippen molar-refractivity contribution in [1.29, 1.82) is 0 Å². The van der Waals surface area contributed by atoms with E-state index < -0.39 is 5.03 Å². The highest BCUT2D eigenvalue weighted by Gasteiger charge is 2.03. The minimum absolute atomic E-state index is 0.595. The van der Waals surface area contributed by atoms with Gasteiger partial charge in [-0.2, -0.15) is 0 Å². The van der Waals surface area contributed by atoms with Crippen LogP contribution in [0.3, 0.4) is 0 Å². The Balaban J connectivity index is 2.98. The summed E-state index contributed by atoms with van der Waals surface area (Å²) in [5.41, 5.74) is 0. The number of hydrogen-bond donors (Lipinski definition) is 0. The maximum absolute atomic E-state index is 9.92. The third-order valence-corrected chi connectivity index (χ3v) is 1.29. The zero-order valence-electron chi connectivity index (χ0n) is 4.19. The molecular weight excluding hydrogens is 237 g/mol. The van der Waals surface area contributed by atoms with E-state index in [1.54, 1.807) is 6.07 Å². The first-order valence-corrected chi connectivity index (χ1v) is 3.14. The molecule has 0 aliphatic rings. The summed E-state index contributed by atoms with van der Waals surface area (Å²) >= 11 is 1.90. The van der Waals surface area contributed by atoms with Crippen molar-refractivity contribution in [2.24, 2.45) is 0 Å². The number of halogens is 1. The SMILES string of the molecule is O=[N+]([O-])n1ccc(I)n1. The largest absolute Gasteiger partial charge is 0.339 e. The standard InChI is InChI=1S/C3H2IN3O2/c4-3-1-2-6(5-3)7(8)9/h1-2H. The van der Waals surface area contributed by atoms with Crippen LogP contribution in [0.15, 0.2) is 12.3 Å². The van der Waals surface area contributed by atoms with Crippen molar-refractivity contribution in [3.05, 3.63) is 26.1 Å². The van der Waals surface area contributed by atoms with E-state index in [1.165, 1.54) is 6.20 Å². The summed E-state index contributed by atoms with van der Waals surface area (Å²) in [5.74, 6) is 0. The van der Waals surface area contributed by atoms with Crippen molar-refractivity contribution in [3.63, 3.8) is 0 Å². The number of nitro groups is 1. The Kier molecular flexibility index (Phi) is 1.65. The van der Waals surface area contributed by atoms with Crippen LogP contribution < -0.4 is 0 Å². The van der Waals surface area contributed by atoms with Crippen molar-refractivity contribution < 1.29 is 5.03 Å². The Hall–Kier alpha value is -0.660. The fourth-order valence-electron chi connectivity index (χ4n) is 0.384. The molecule has 0 amide bonds. The van der Waals surface area contributed by atoms with Gasteiger partial charge in [0.1, 0.15) is 6.20 Å². The minimum atomic E-state index is -0.595. The number of rotatable bonds is 1. The molecule has 0 aromatic carbocycles. The molecule has 0 saturated heterocycles. The van der Waals surface area contributed by atoms with Gasteiger partial charge in [0.2, 0.25) is 3.70 Å². The zero-order chi connectivity index (χ0) is 6.85. The first kappa shape index (κ1) is 6.46. The number of nitrogens with zero attached hydrogens (tertiary/aromatic N) is 3. The van der Waals surface area contributed by atoms with Crippen LogP contribution in [0.25, 0.3) is 0 Å². The third-order valence-electron chi connectivity index (χ3n) is 0.711. The molecule has 0 aliphatic heterocycles. The van der Waals surface area contributed by atoms with Gasteiger partial charge < -0.3 is 10.1 Å². The van der Waals surface area contributed by atoms with Gasteiger partial charge in [-0.1, -0.05) is 0 Å². The van der Waals surface area contributed by atoms with Crippen LogP contribution in [-0.2, 0) is 0 Å². The van der Waals surface area contributed by atoms with E-state index >= 15 is 0 Å². The van der Waals surface area contributed by atoms with Crippen molar-refractivity contribution in [2.75, 3.05) is 0 Å². The molecule has 9 heavy (non-hydrogen) atoms. The van der Waals surface area contributed by atoms with Crippen LogP contribution in [-0.4, -0.2) is 14.9 Å². The Morgan fingerprint density at radius 1 is 1.89 bits per heavy atom. The lowest BCUT2D eigenvalue weighted by Crippen LogP contribution is -2.08. The molecule has 0 unspecified atom stereocenters. The zero-order valence-corrected chi connectivity index (χ0v) is 6.35. The lowest BCUT2D eigenvalue weighted by Gasteiger charge is -1.85. The highest BCUT2D eigenvalue weighted by atomic mass is 127. The van der Waals surface area contributed by atoms with Crippen LogP contribution in [0.1, 0.15) is 0 Å². The second kappa shape index (κ2) is 2.29. The molecule has 0 saturated carbocycles. The van der Waals surface area contributed by atoms with Crippen molar-refractivity contribution >= 4 is 22.6 Å². The van der Waals surface area contributed by atoms with E-state index in [0.29, 0.717) is 8.49 Å². The molecule has 1 aromatic heterocycles. The van der Waals surface area contributed by atoms with Gasteiger partial charge >= 0.3 is 0 Å². The van der Waals surface area contributed by atoms with E-state index in [9.17, 15) is 10.1 Å². The van der Waals surface area contributed by atoms with Gasteiger partial charge in [-0.3, -0.25) is 0 Å². The Morgan fingerprint density at radius 2 is 2.56 bits per heavy atom. The van der Waals surface area contributed by atoms with Gasteiger partial charge in [-0.05, 0) is 0 Å². The second-order valence-corrected chi connectivity index (χ2v) is 2.40. The lowest BCUT2D eigenvalue weighted by atomic mass is 10.8. The maximum Gasteiger partial charge on any atom is 0.239 e. The first-order chi connectivity index (χ1) is 4.20. The van der Waals surface area contributed by atoms with E-state index in [4.69, 9.17) is 0 Å². The van der Waals surface area contributed by atoms with Crippen LogP contribution in [0.2, 0.25) is 0 Å². The molecule has 0 aliphatic carbocycles. The Bertz CT molecular complexity index is 233. The van der Waals surface area contributed by atoms with Crippen LogP contribution in [0.4, 0.5) is 0 Å². The lowest BCUT2D eigenvalue weighted by molar-refractivity contribution is -0.552. The fourth-order valence-corrected chi connectivity index (χ4v) is 0.766. The van der Waals surface area contributed by atoms with Gasteiger partial charge in [-0.25, -0.2) is 0 Å². The van der Waals surface area contributed by atoms with Gasteiger partial charge in [-0.15, -0.1) is 0 Å². The molecule has 5 nitrogen and oxygen atoms in total. The summed E-state index contributed by atoms with van der Waals surface area (Å²) in [6, 6.07) is 1.56. The van der Waals surface area contributed by atoms with Gasteiger partial charge in [0, 0.05) is 33.4 Å². The molecule has 1 rings (SSSR count). The molecule has 48 valence electrons. The smallest absolute Gasteiger partial charge is 0.239 e. The van der Waals surface area contributed by atoms with E-state index in [0.717, 1.165) is 0 Å². The fraction of sp³-hybridized carbons (Fsp3) is 0. The third kappa shape index (κ3) is 1.37. The quantitative estimate of drug-likeness (QED) is 0.408. The van der Waals surface area contributed by atoms with Crippen LogP contribution in [0, 0.1) is 13.8 Å². The van der Waals surface area contributed by atoms with E-state index in [-0.39, 0.29) is 0 Å². The first-order valence-electron chi connectivity index (χ1n) is 2.06. The van der Waals surface area contributed by atoms with Gasteiger partial charge in [0.25, 0.3) is 0 Å². The maximum atomic E-state index is 9.92. The Labute approximate surface area is 63.9 Å². The molecular formula is C3H2IN3O2. The number of aromatic nitrogens is 2. The topological polar surface area (TPSA) is 61.0 Å². The van der Waals surface area contributed by atoms with Crippen LogP contribution >= 0.6 is 22.6 Å². The highest BCUT2D eigenvalue weighted by molar-refractivity contribution is 14.1. The molecule has 6 heteroatoms. The summed E-state index contributed by atoms with van der Waals surface area (Å²) < 4.78 is 0.615. The minimum Gasteiger partial charge on any atom is -0.339 e. The second-order valence-electron chi connectivity index (χ2n) is 1.30. The van der Waals surface area contributed by atoms with Crippen molar-refractivity contribution in [1.82, 2.24) is 9.89 Å². The average Bonchev–Trinajstić information content (AvgIpc) is 2.14.